The normalized spacial score (nSPS) is 19.1. The summed E-state index contributed by atoms with van der Waals surface area (Å²) in [5.74, 6) is -0.102. The summed E-state index contributed by atoms with van der Waals surface area (Å²) in [4.78, 5) is 41.8. The maximum Gasteiger partial charge on any atom is 0.410 e. The zero-order chi connectivity index (χ0) is 25.7. The molecule has 0 bridgehead atoms. The van der Waals surface area contributed by atoms with Crippen LogP contribution in [-0.4, -0.2) is 64.5 Å². The SMILES string of the molecule is CC(C)(C)OC(=O)N1CCC(NC(=O)C2CCCN(c3cnn(Cc4ccccc4)c(=O)c3)C2)CC1. The van der Waals surface area contributed by atoms with Crippen molar-refractivity contribution in [3.05, 3.63) is 58.5 Å². The van der Waals surface area contributed by atoms with E-state index in [2.05, 4.69) is 15.3 Å². The van der Waals surface area contributed by atoms with Gasteiger partial charge in [-0.15, -0.1) is 0 Å². The minimum Gasteiger partial charge on any atom is -0.444 e. The number of carbonyl (C=O) groups is 2. The Bertz CT molecular complexity index is 1100. The molecule has 1 aromatic carbocycles. The summed E-state index contributed by atoms with van der Waals surface area (Å²) >= 11 is 0. The summed E-state index contributed by atoms with van der Waals surface area (Å²) in [7, 11) is 0. The van der Waals surface area contributed by atoms with Gasteiger partial charge < -0.3 is 19.9 Å². The smallest absolute Gasteiger partial charge is 0.410 e. The number of amides is 2. The van der Waals surface area contributed by atoms with Crippen molar-refractivity contribution >= 4 is 17.7 Å². The minimum atomic E-state index is -0.516. The van der Waals surface area contributed by atoms with Crippen molar-refractivity contribution in [2.24, 2.45) is 5.92 Å². The molecule has 2 aliphatic rings. The van der Waals surface area contributed by atoms with Crippen molar-refractivity contribution in [1.29, 1.82) is 0 Å². The van der Waals surface area contributed by atoms with Gasteiger partial charge in [0.2, 0.25) is 5.91 Å². The molecule has 2 aliphatic heterocycles. The van der Waals surface area contributed by atoms with Gasteiger partial charge in [-0.2, -0.15) is 5.10 Å². The Kier molecular flexibility index (Phi) is 7.96. The van der Waals surface area contributed by atoms with E-state index >= 15 is 0 Å². The van der Waals surface area contributed by atoms with E-state index in [1.165, 1.54) is 4.68 Å². The Morgan fingerprint density at radius 1 is 1.08 bits per heavy atom. The molecule has 36 heavy (non-hydrogen) atoms. The molecule has 0 radical (unpaired) electrons. The van der Waals surface area contributed by atoms with E-state index in [0.717, 1.165) is 30.6 Å². The predicted octanol–water partition coefficient (Wildman–Crippen LogP) is 3.02. The Morgan fingerprint density at radius 2 is 1.81 bits per heavy atom. The third kappa shape index (κ3) is 6.86. The fraction of sp³-hybridized carbons (Fsp3) is 0.556. The molecule has 0 aliphatic carbocycles. The average molecular weight is 496 g/mol. The first-order valence-electron chi connectivity index (χ1n) is 12.8. The van der Waals surface area contributed by atoms with E-state index in [-0.39, 0.29) is 29.5 Å². The molecule has 9 nitrogen and oxygen atoms in total. The second kappa shape index (κ2) is 11.1. The lowest BCUT2D eigenvalue weighted by atomic mass is 9.95. The molecular weight excluding hydrogens is 458 g/mol. The van der Waals surface area contributed by atoms with Crippen molar-refractivity contribution in [2.75, 3.05) is 31.1 Å². The average Bonchev–Trinajstić information content (AvgIpc) is 2.85. The summed E-state index contributed by atoms with van der Waals surface area (Å²) in [6.07, 6.45) is 4.54. The van der Waals surface area contributed by atoms with Crippen LogP contribution in [0.25, 0.3) is 0 Å². The largest absolute Gasteiger partial charge is 0.444 e. The number of hydrogen-bond donors (Lipinski definition) is 1. The van der Waals surface area contributed by atoms with Crippen LogP contribution in [0, 0.1) is 5.92 Å². The third-order valence-corrected chi connectivity index (χ3v) is 6.68. The van der Waals surface area contributed by atoms with Gasteiger partial charge in [0.25, 0.3) is 5.56 Å². The van der Waals surface area contributed by atoms with Crippen molar-refractivity contribution in [1.82, 2.24) is 20.0 Å². The van der Waals surface area contributed by atoms with E-state index in [1.54, 1.807) is 17.2 Å². The summed E-state index contributed by atoms with van der Waals surface area (Å²) in [5.41, 5.74) is 1.11. The monoisotopic (exact) mass is 495 g/mol. The Hall–Kier alpha value is -3.36. The number of ether oxygens (including phenoxy) is 1. The molecular formula is C27H37N5O4. The number of likely N-dealkylation sites (tertiary alicyclic amines) is 1. The van der Waals surface area contributed by atoms with Crippen LogP contribution in [0.1, 0.15) is 52.0 Å². The molecule has 1 atom stereocenters. The van der Waals surface area contributed by atoms with Crippen LogP contribution in [0.2, 0.25) is 0 Å². The van der Waals surface area contributed by atoms with Crippen LogP contribution in [0.15, 0.2) is 47.4 Å². The topological polar surface area (TPSA) is 96.8 Å². The zero-order valence-electron chi connectivity index (χ0n) is 21.5. The lowest BCUT2D eigenvalue weighted by molar-refractivity contribution is -0.126. The van der Waals surface area contributed by atoms with E-state index < -0.39 is 5.60 Å². The molecule has 1 N–H and O–H groups in total. The number of carbonyl (C=O) groups excluding carboxylic acids is 2. The van der Waals surface area contributed by atoms with Gasteiger partial charge in [-0.3, -0.25) is 9.59 Å². The van der Waals surface area contributed by atoms with Crippen LogP contribution in [0.4, 0.5) is 10.5 Å². The van der Waals surface area contributed by atoms with Gasteiger partial charge in [0, 0.05) is 38.3 Å². The highest BCUT2D eigenvalue weighted by Gasteiger charge is 2.31. The second-order valence-corrected chi connectivity index (χ2v) is 10.7. The highest BCUT2D eigenvalue weighted by molar-refractivity contribution is 5.80. The van der Waals surface area contributed by atoms with E-state index in [0.29, 0.717) is 39.0 Å². The molecule has 2 amide bonds. The van der Waals surface area contributed by atoms with E-state index in [1.807, 2.05) is 51.1 Å². The highest BCUT2D eigenvalue weighted by Crippen LogP contribution is 2.23. The predicted molar refractivity (Wildman–Crippen MR) is 138 cm³/mol. The summed E-state index contributed by atoms with van der Waals surface area (Å²) in [6.45, 7) is 8.50. The van der Waals surface area contributed by atoms with Crippen LogP contribution in [-0.2, 0) is 16.1 Å². The van der Waals surface area contributed by atoms with Crippen molar-refractivity contribution in [3.8, 4) is 0 Å². The standard InChI is InChI=1S/C27H37N5O4/c1-27(2,3)36-26(35)30-14-11-22(12-15-30)29-25(34)21-10-7-13-31(19-21)23-16-24(33)32(28-17-23)18-20-8-5-4-6-9-20/h4-6,8-9,16-17,21-22H,7,10-15,18-19H2,1-3H3,(H,29,34). The number of hydrogen-bond acceptors (Lipinski definition) is 6. The molecule has 194 valence electrons. The molecule has 2 aromatic rings. The number of rotatable bonds is 5. The molecule has 1 unspecified atom stereocenters. The van der Waals surface area contributed by atoms with Crippen molar-refractivity contribution in [3.63, 3.8) is 0 Å². The molecule has 0 spiro atoms. The maximum atomic E-state index is 13.0. The lowest BCUT2D eigenvalue weighted by Crippen LogP contribution is -2.50. The quantitative estimate of drug-likeness (QED) is 0.685. The van der Waals surface area contributed by atoms with Gasteiger partial charge in [0.05, 0.1) is 24.3 Å². The fourth-order valence-electron chi connectivity index (χ4n) is 4.75. The van der Waals surface area contributed by atoms with Crippen LogP contribution >= 0.6 is 0 Å². The first kappa shape index (κ1) is 25.7. The Labute approximate surface area is 212 Å². The molecule has 4 rings (SSSR count). The fourth-order valence-corrected chi connectivity index (χ4v) is 4.75. The van der Waals surface area contributed by atoms with Crippen LogP contribution in [0.3, 0.4) is 0 Å². The third-order valence-electron chi connectivity index (χ3n) is 6.68. The number of nitrogens with one attached hydrogen (secondary N) is 1. The molecule has 0 saturated carbocycles. The van der Waals surface area contributed by atoms with Crippen LogP contribution in [0.5, 0.6) is 0 Å². The Balaban J connectivity index is 1.29. The number of nitrogens with zero attached hydrogens (tertiary/aromatic N) is 4. The van der Waals surface area contributed by atoms with Gasteiger partial charge in [0.1, 0.15) is 5.60 Å². The summed E-state index contributed by atoms with van der Waals surface area (Å²) in [5, 5.41) is 7.57. The van der Waals surface area contributed by atoms with Crippen molar-refractivity contribution < 1.29 is 14.3 Å². The summed E-state index contributed by atoms with van der Waals surface area (Å²) in [6, 6.07) is 11.4. The molecule has 1 aromatic heterocycles. The van der Waals surface area contributed by atoms with Gasteiger partial charge in [-0.1, -0.05) is 30.3 Å². The number of anilines is 1. The molecule has 2 fully saturated rings. The highest BCUT2D eigenvalue weighted by atomic mass is 16.6. The van der Waals surface area contributed by atoms with Gasteiger partial charge in [-0.05, 0) is 52.0 Å². The number of aromatic nitrogens is 2. The van der Waals surface area contributed by atoms with Gasteiger partial charge in [-0.25, -0.2) is 9.48 Å². The maximum absolute atomic E-state index is 13.0. The van der Waals surface area contributed by atoms with Gasteiger partial charge in [0.15, 0.2) is 0 Å². The van der Waals surface area contributed by atoms with Crippen LogP contribution < -0.4 is 15.8 Å². The first-order valence-corrected chi connectivity index (χ1v) is 12.8. The molecule has 2 saturated heterocycles. The molecule has 3 heterocycles. The first-order chi connectivity index (χ1) is 17.2. The summed E-state index contributed by atoms with van der Waals surface area (Å²) < 4.78 is 6.91. The zero-order valence-corrected chi connectivity index (χ0v) is 21.5. The lowest BCUT2D eigenvalue weighted by Gasteiger charge is -2.36. The minimum absolute atomic E-state index is 0.0424. The van der Waals surface area contributed by atoms with Gasteiger partial charge >= 0.3 is 6.09 Å². The van der Waals surface area contributed by atoms with Crippen molar-refractivity contribution in [2.45, 2.75) is 64.6 Å². The number of benzene rings is 1. The number of piperidine rings is 2. The molecule has 9 heteroatoms. The van der Waals surface area contributed by atoms with E-state index in [9.17, 15) is 14.4 Å². The second-order valence-electron chi connectivity index (χ2n) is 10.7. The van der Waals surface area contributed by atoms with E-state index in [4.69, 9.17) is 4.74 Å². The Morgan fingerprint density at radius 3 is 2.47 bits per heavy atom.